The van der Waals surface area contributed by atoms with E-state index < -0.39 is 11.4 Å². The number of carbonyl (C=O) groups excluding carboxylic acids is 2. The van der Waals surface area contributed by atoms with Crippen molar-refractivity contribution in [1.29, 1.82) is 0 Å². The van der Waals surface area contributed by atoms with Crippen LogP contribution in [0.25, 0.3) is 0 Å². The highest BCUT2D eigenvalue weighted by Gasteiger charge is 2.30. The molecule has 0 bridgehead atoms. The average Bonchev–Trinajstić information content (AvgIpc) is 2.43. The lowest BCUT2D eigenvalue weighted by Gasteiger charge is -2.20. The normalized spacial score (nSPS) is 10.9. The van der Waals surface area contributed by atoms with E-state index in [-0.39, 0.29) is 19.0 Å². The molecule has 0 amide bonds. The Morgan fingerprint density at radius 2 is 1.80 bits per heavy atom. The van der Waals surface area contributed by atoms with Crippen molar-refractivity contribution in [3.63, 3.8) is 0 Å². The molecule has 0 heterocycles. The highest BCUT2D eigenvalue weighted by Crippen LogP contribution is 2.18. The molecule has 0 aliphatic rings. The quantitative estimate of drug-likeness (QED) is 0.636. The molecule has 0 saturated heterocycles. The Kier molecular flexibility index (Phi) is 5.55. The van der Waals surface area contributed by atoms with Crippen molar-refractivity contribution in [2.75, 3.05) is 19.5 Å². The number of methoxy groups -OCH3 is 1. The largest absolute Gasteiger partial charge is 0.469 e. The summed E-state index contributed by atoms with van der Waals surface area (Å²) in [7, 11) is 1.31. The Morgan fingerprint density at radius 1 is 1.20 bits per heavy atom. The van der Waals surface area contributed by atoms with Crippen molar-refractivity contribution in [3.8, 4) is 0 Å². The molecule has 0 unspecified atom stereocenters. The minimum absolute atomic E-state index is 0.0141. The Hall–Kier alpha value is -2.04. The summed E-state index contributed by atoms with van der Waals surface area (Å²) in [6.07, 6.45) is 0.846. The van der Waals surface area contributed by atoms with E-state index in [1.165, 1.54) is 7.11 Å². The maximum absolute atomic E-state index is 11.6. The molecule has 5 heteroatoms. The average molecular weight is 279 g/mol. The summed E-state index contributed by atoms with van der Waals surface area (Å²) in [5.74, 6) is -0.734. The van der Waals surface area contributed by atoms with Crippen LogP contribution in [0.15, 0.2) is 24.3 Å². The van der Waals surface area contributed by atoms with Gasteiger partial charge in [0.2, 0.25) is 0 Å². The van der Waals surface area contributed by atoms with Crippen molar-refractivity contribution in [2.24, 2.45) is 5.41 Å². The van der Waals surface area contributed by atoms with Crippen molar-refractivity contribution >= 4 is 17.6 Å². The Labute approximate surface area is 119 Å². The lowest BCUT2D eigenvalue weighted by atomic mass is 9.95. The SMILES string of the molecule is COC(=O)C(C)(C)COC(=O)CCc1ccc(N)cc1. The fraction of sp³-hybridized carbons (Fsp3) is 0.467. The van der Waals surface area contributed by atoms with Crippen LogP contribution < -0.4 is 5.73 Å². The van der Waals surface area contributed by atoms with Crippen molar-refractivity contribution in [2.45, 2.75) is 26.7 Å². The van der Waals surface area contributed by atoms with Gasteiger partial charge in [0.15, 0.2) is 0 Å². The van der Waals surface area contributed by atoms with Crippen LogP contribution in [0.2, 0.25) is 0 Å². The van der Waals surface area contributed by atoms with Gasteiger partial charge in [-0.2, -0.15) is 0 Å². The molecule has 0 fully saturated rings. The van der Waals surface area contributed by atoms with E-state index in [1.807, 2.05) is 12.1 Å². The second kappa shape index (κ2) is 6.93. The van der Waals surface area contributed by atoms with E-state index in [4.69, 9.17) is 10.5 Å². The van der Waals surface area contributed by atoms with Crippen LogP contribution in [-0.4, -0.2) is 25.7 Å². The van der Waals surface area contributed by atoms with Crippen LogP contribution >= 0.6 is 0 Å². The van der Waals surface area contributed by atoms with Crippen molar-refractivity contribution < 1.29 is 19.1 Å². The molecule has 2 N–H and O–H groups in total. The molecule has 110 valence electrons. The second-order valence-corrected chi connectivity index (χ2v) is 5.28. The van der Waals surface area contributed by atoms with Crippen LogP contribution in [0, 0.1) is 5.41 Å². The third-order valence-corrected chi connectivity index (χ3v) is 2.93. The smallest absolute Gasteiger partial charge is 0.314 e. The fourth-order valence-electron chi connectivity index (χ4n) is 1.60. The van der Waals surface area contributed by atoms with Crippen LogP contribution in [-0.2, 0) is 25.5 Å². The topological polar surface area (TPSA) is 78.6 Å². The van der Waals surface area contributed by atoms with Gasteiger partial charge >= 0.3 is 11.9 Å². The lowest BCUT2D eigenvalue weighted by molar-refractivity contribution is -0.159. The van der Waals surface area contributed by atoms with Gasteiger partial charge in [0.05, 0.1) is 12.5 Å². The van der Waals surface area contributed by atoms with Crippen LogP contribution in [0.3, 0.4) is 0 Å². The number of rotatable bonds is 6. The molecule has 1 aromatic rings. The molecule has 1 aromatic carbocycles. The maximum atomic E-state index is 11.6. The van der Waals surface area contributed by atoms with Gasteiger partial charge in [0.1, 0.15) is 6.61 Å². The molecular formula is C15H21NO4. The van der Waals surface area contributed by atoms with Gasteiger partial charge in [-0.05, 0) is 38.0 Å². The summed E-state index contributed by atoms with van der Waals surface area (Å²) >= 11 is 0. The summed E-state index contributed by atoms with van der Waals surface area (Å²) in [6.45, 7) is 3.36. The Bertz CT molecular complexity index is 465. The summed E-state index contributed by atoms with van der Waals surface area (Å²) in [5.41, 5.74) is 6.46. The van der Waals surface area contributed by atoms with E-state index in [0.717, 1.165) is 5.56 Å². The molecule has 0 spiro atoms. The van der Waals surface area contributed by atoms with E-state index in [1.54, 1.807) is 26.0 Å². The van der Waals surface area contributed by atoms with Gasteiger partial charge in [-0.1, -0.05) is 12.1 Å². The molecule has 20 heavy (non-hydrogen) atoms. The number of benzene rings is 1. The predicted molar refractivity (Wildman–Crippen MR) is 75.9 cm³/mol. The highest BCUT2D eigenvalue weighted by atomic mass is 16.5. The molecule has 0 saturated carbocycles. The zero-order valence-corrected chi connectivity index (χ0v) is 12.1. The third-order valence-electron chi connectivity index (χ3n) is 2.93. The molecule has 0 aliphatic carbocycles. The Balaban J connectivity index is 2.37. The van der Waals surface area contributed by atoms with E-state index in [9.17, 15) is 9.59 Å². The Morgan fingerprint density at radius 3 is 2.35 bits per heavy atom. The molecular weight excluding hydrogens is 258 g/mol. The molecule has 0 atom stereocenters. The van der Waals surface area contributed by atoms with Gasteiger partial charge in [-0.15, -0.1) is 0 Å². The van der Waals surface area contributed by atoms with Crippen LogP contribution in [0.4, 0.5) is 5.69 Å². The molecule has 0 radical (unpaired) electrons. The number of ether oxygens (including phenoxy) is 2. The standard InChI is InChI=1S/C15H21NO4/c1-15(2,14(18)19-3)10-20-13(17)9-6-11-4-7-12(16)8-5-11/h4-5,7-8H,6,9-10,16H2,1-3H3. The summed E-state index contributed by atoms with van der Waals surface area (Å²) in [6, 6.07) is 7.34. The zero-order valence-electron chi connectivity index (χ0n) is 12.1. The van der Waals surface area contributed by atoms with Crippen LogP contribution in [0.5, 0.6) is 0 Å². The van der Waals surface area contributed by atoms with Crippen molar-refractivity contribution in [3.05, 3.63) is 29.8 Å². The van der Waals surface area contributed by atoms with Gasteiger partial charge in [0, 0.05) is 12.1 Å². The van der Waals surface area contributed by atoms with Crippen molar-refractivity contribution in [1.82, 2.24) is 0 Å². The van der Waals surface area contributed by atoms with Gasteiger partial charge in [0.25, 0.3) is 0 Å². The molecule has 5 nitrogen and oxygen atoms in total. The minimum Gasteiger partial charge on any atom is -0.469 e. The predicted octanol–water partition coefficient (Wildman–Crippen LogP) is 1.94. The maximum Gasteiger partial charge on any atom is 0.314 e. The summed E-state index contributed by atoms with van der Waals surface area (Å²) in [4.78, 5) is 23.1. The third kappa shape index (κ3) is 4.91. The fourth-order valence-corrected chi connectivity index (χ4v) is 1.60. The first-order valence-electron chi connectivity index (χ1n) is 6.43. The summed E-state index contributed by atoms with van der Waals surface area (Å²) < 4.78 is 9.76. The number of aryl methyl sites for hydroxylation is 1. The number of hydrogen-bond donors (Lipinski definition) is 1. The first-order valence-corrected chi connectivity index (χ1v) is 6.43. The highest BCUT2D eigenvalue weighted by molar-refractivity contribution is 5.76. The van der Waals surface area contributed by atoms with Crippen LogP contribution in [0.1, 0.15) is 25.8 Å². The van der Waals surface area contributed by atoms with E-state index >= 15 is 0 Å². The number of esters is 2. The monoisotopic (exact) mass is 279 g/mol. The second-order valence-electron chi connectivity index (χ2n) is 5.28. The number of hydrogen-bond acceptors (Lipinski definition) is 5. The number of carbonyl (C=O) groups is 2. The number of anilines is 1. The number of nitrogen functional groups attached to an aromatic ring is 1. The molecule has 1 rings (SSSR count). The van der Waals surface area contributed by atoms with Gasteiger partial charge in [-0.3, -0.25) is 9.59 Å². The lowest BCUT2D eigenvalue weighted by Crippen LogP contribution is -2.32. The molecule has 0 aromatic heterocycles. The minimum atomic E-state index is -0.828. The van der Waals surface area contributed by atoms with E-state index in [0.29, 0.717) is 12.1 Å². The molecule has 0 aliphatic heterocycles. The first kappa shape index (κ1) is 16.0. The number of nitrogens with two attached hydrogens (primary N) is 1. The first-order chi connectivity index (χ1) is 9.35. The van der Waals surface area contributed by atoms with E-state index in [2.05, 4.69) is 4.74 Å². The summed E-state index contributed by atoms with van der Waals surface area (Å²) in [5, 5.41) is 0. The van der Waals surface area contributed by atoms with Gasteiger partial charge in [-0.25, -0.2) is 0 Å². The zero-order chi connectivity index (χ0) is 15.2. The van der Waals surface area contributed by atoms with Gasteiger partial charge < -0.3 is 15.2 Å².